The van der Waals surface area contributed by atoms with Crippen LogP contribution in [0, 0.1) is 5.92 Å². The van der Waals surface area contributed by atoms with Crippen molar-refractivity contribution >= 4 is 23.2 Å². The van der Waals surface area contributed by atoms with Crippen LogP contribution in [-0.4, -0.2) is 34.7 Å². The van der Waals surface area contributed by atoms with Crippen LogP contribution in [0.2, 0.25) is 0 Å². The third-order valence-electron chi connectivity index (χ3n) is 6.70. The van der Waals surface area contributed by atoms with Gasteiger partial charge >= 0.3 is 0 Å². The van der Waals surface area contributed by atoms with Crippen LogP contribution in [0.4, 0.5) is 5.69 Å². The first-order valence-corrected chi connectivity index (χ1v) is 11.8. The normalized spacial score (nSPS) is 20.4. The van der Waals surface area contributed by atoms with Crippen LogP contribution in [0.3, 0.4) is 0 Å². The number of anilines is 1. The minimum atomic E-state index is -0.470. The molecule has 0 saturated carbocycles. The van der Waals surface area contributed by atoms with Crippen molar-refractivity contribution in [2.45, 2.75) is 70.9 Å². The predicted octanol–water partition coefficient (Wildman–Crippen LogP) is 4.86. The number of fused-ring (bicyclic) bond motifs is 3. The second-order valence-corrected chi connectivity index (χ2v) is 9.22. The summed E-state index contributed by atoms with van der Waals surface area (Å²) in [6, 6.07) is 13.2. The van der Waals surface area contributed by atoms with Gasteiger partial charge < -0.3 is 19.5 Å². The van der Waals surface area contributed by atoms with E-state index in [1.165, 1.54) is 18.6 Å². The Morgan fingerprint density at radius 2 is 1.97 bits per heavy atom. The Labute approximate surface area is 194 Å². The second-order valence-electron chi connectivity index (χ2n) is 9.22. The summed E-state index contributed by atoms with van der Waals surface area (Å²) in [6.07, 6.45) is 4.28. The monoisotopic (exact) mass is 449 g/mol. The third kappa shape index (κ3) is 4.95. The molecule has 1 unspecified atom stereocenters. The second kappa shape index (κ2) is 9.77. The number of aromatic hydroxyl groups is 1. The van der Waals surface area contributed by atoms with E-state index in [9.17, 15) is 19.5 Å². The highest BCUT2D eigenvalue weighted by Gasteiger charge is 2.47. The van der Waals surface area contributed by atoms with Crippen molar-refractivity contribution in [1.82, 2.24) is 0 Å². The van der Waals surface area contributed by atoms with Crippen LogP contribution in [0.25, 0.3) is 0 Å². The van der Waals surface area contributed by atoms with Crippen LogP contribution < -0.4 is 9.64 Å². The molecule has 1 saturated heterocycles. The molecule has 2 heterocycles. The first-order valence-electron chi connectivity index (χ1n) is 11.8. The molecule has 174 valence electrons. The van der Waals surface area contributed by atoms with Crippen molar-refractivity contribution in [2.24, 2.45) is 5.92 Å². The van der Waals surface area contributed by atoms with Gasteiger partial charge in [0.15, 0.2) is 5.78 Å². The Hall–Kier alpha value is -3.15. The molecule has 3 atom stereocenters. The standard InChI is InChI=1S/C27H31NO5/c1-17(29)11-12-21-22-13-14-25(31)28(22)23-15-20(16-24(30)26(23)27(21)32)33-18(2)7-6-10-19-8-4-3-5-9-19/h3-5,8-9,15-16,18,21-22,30H,6-7,10-14H2,1-2H3/t18?,21-,22+/m1/s1. The Morgan fingerprint density at radius 3 is 2.70 bits per heavy atom. The molecule has 6 nitrogen and oxygen atoms in total. The smallest absolute Gasteiger partial charge is 0.227 e. The minimum Gasteiger partial charge on any atom is -0.507 e. The summed E-state index contributed by atoms with van der Waals surface area (Å²) in [5.74, 6) is -0.431. The molecule has 6 heteroatoms. The number of carbonyl (C=O) groups is 3. The number of Topliss-reactive ketones (excluding diaryl/α,β-unsaturated/α-hetero) is 2. The highest BCUT2D eigenvalue weighted by molar-refractivity contribution is 6.13. The van der Waals surface area contributed by atoms with Gasteiger partial charge in [-0.25, -0.2) is 0 Å². The topological polar surface area (TPSA) is 83.9 Å². The summed E-state index contributed by atoms with van der Waals surface area (Å²) >= 11 is 0. The lowest BCUT2D eigenvalue weighted by Crippen LogP contribution is -2.46. The fraction of sp³-hybridized carbons (Fsp3) is 0.444. The Kier molecular flexibility index (Phi) is 6.82. The first kappa shape index (κ1) is 23.0. The van der Waals surface area contributed by atoms with Gasteiger partial charge in [-0.2, -0.15) is 0 Å². The zero-order chi connectivity index (χ0) is 23.5. The van der Waals surface area contributed by atoms with Crippen LogP contribution in [-0.2, 0) is 16.0 Å². The van der Waals surface area contributed by atoms with E-state index in [2.05, 4.69) is 12.1 Å². The number of amides is 1. The minimum absolute atomic E-state index is 0.0127. The third-order valence-corrected chi connectivity index (χ3v) is 6.70. The maximum Gasteiger partial charge on any atom is 0.227 e. The summed E-state index contributed by atoms with van der Waals surface area (Å²) in [7, 11) is 0. The average Bonchev–Trinajstić information content (AvgIpc) is 3.15. The number of carbonyl (C=O) groups excluding carboxylic acids is 3. The molecule has 2 aromatic carbocycles. The van der Waals surface area contributed by atoms with Crippen molar-refractivity contribution in [3.05, 3.63) is 53.6 Å². The lowest BCUT2D eigenvalue weighted by molar-refractivity contribution is -0.117. The Morgan fingerprint density at radius 1 is 1.21 bits per heavy atom. The van der Waals surface area contributed by atoms with E-state index < -0.39 is 5.92 Å². The number of aryl methyl sites for hydroxylation is 1. The highest BCUT2D eigenvalue weighted by Crippen LogP contribution is 2.46. The molecule has 33 heavy (non-hydrogen) atoms. The average molecular weight is 450 g/mol. The number of phenols is 1. The van der Waals surface area contributed by atoms with E-state index in [0.717, 1.165) is 19.3 Å². The molecule has 1 amide bonds. The molecule has 2 aliphatic heterocycles. The summed E-state index contributed by atoms with van der Waals surface area (Å²) in [5, 5.41) is 10.7. The summed E-state index contributed by atoms with van der Waals surface area (Å²) in [4.78, 5) is 39.1. The number of hydrogen-bond donors (Lipinski definition) is 1. The van der Waals surface area contributed by atoms with Crippen molar-refractivity contribution in [2.75, 3.05) is 4.90 Å². The van der Waals surface area contributed by atoms with Gasteiger partial charge in [-0.3, -0.25) is 9.59 Å². The number of ether oxygens (including phenoxy) is 1. The van der Waals surface area contributed by atoms with E-state index in [-0.39, 0.29) is 47.4 Å². The summed E-state index contributed by atoms with van der Waals surface area (Å²) in [5.41, 5.74) is 1.88. The maximum atomic E-state index is 13.3. The quantitative estimate of drug-likeness (QED) is 0.591. The first-order chi connectivity index (χ1) is 15.8. The molecule has 0 spiro atoms. The predicted molar refractivity (Wildman–Crippen MR) is 126 cm³/mol. The van der Waals surface area contributed by atoms with Crippen LogP contribution in [0.5, 0.6) is 11.5 Å². The van der Waals surface area contributed by atoms with Crippen molar-refractivity contribution in [3.8, 4) is 11.5 Å². The van der Waals surface area contributed by atoms with E-state index in [0.29, 0.717) is 30.7 Å². The fourth-order valence-corrected chi connectivity index (χ4v) is 5.07. The van der Waals surface area contributed by atoms with Crippen molar-refractivity contribution in [3.63, 3.8) is 0 Å². The van der Waals surface area contributed by atoms with Gasteiger partial charge in [0.2, 0.25) is 5.91 Å². The lowest BCUT2D eigenvalue weighted by atomic mass is 9.81. The largest absolute Gasteiger partial charge is 0.507 e. The molecule has 2 aromatic rings. The molecular weight excluding hydrogens is 418 g/mol. The van der Waals surface area contributed by atoms with Gasteiger partial charge in [0.05, 0.1) is 17.4 Å². The van der Waals surface area contributed by atoms with Gasteiger partial charge in [-0.1, -0.05) is 30.3 Å². The fourth-order valence-electron chi connectivity index (χ4n) is 5.07. The number of nitrogens with zero attached hydrogens (tertiary/aromatic N) is 1. The molecule has 0 aromatic heterocycles. The van der Waals surface area contributed by atoms with Gasteiger partial charge in [0.1, 0.15) is 17.3 Å². The Bertz CT molecular complexity index is 1050. The van der Waals surface area contributed by atoms with Crippen LogP contribution >= 0.6 is 0 Å². The van der Waals surface area contributed by atoms with Gasteiger partial charge in [0.25, 0.3) is 0 Å². The Balaban J connectivity index is 1.51. The molecule has 0 radical (unpaired) electrons. The lowest BCUT2D eigenvalue weighted by Gasteiger charge is -2.37. The van der Waals surface area contributed by atoms with Crippen LogP contribution in [0.15, 0.2) is 42.5 Å². The molecule has 2 aliphatic rings. The molecule has 1 N–H and O–H groups in total. The number of hydrogen-bond acceptors (Lipinski definition) is 5. The molecular formula is C27H31NO5. The zero-order valence-electron chi connectivity index (χ0n) is 19.3. The van der Waals surface area contributed by atoms with E-state index in [1.807, 2.05) is 25.1 Å². The molecule has 0 bridgehead atoms. The number of ketones is 2. The van der Waals surface area contributed by atoms with E-state index >= 15 is 0 Å². The van der Waals surface area contributed by atoms with Gasteiger partial charge in [0, 0.05) is 36.9 Å². The van der Waals surface area contributed by atoms with Crippen molar-refractivity contribution < 1.29 is 24.2 Å². The SMILES string of the molecule is CC(=O)CC[C@H]1C(=O)c2c(O)cc(OC(C)CCCc3ccccc3)cc2N2C(=O)CC[C@@H]12. The zero-order valence-corrected chi connectivity index (χ0v) is 19.3. The number of phenolic OH excluding ortho intramolecular Hbond substituents is 1. The van der Waals surface area contributed by atoms with Gasteiger partial charge in [-0.15, -0.1) is 0 Å². The molecule has 1 fully saturated rings. The summed E-state index contributed by atoms with van der Waals surface area (Å²) in [6.45, 7) is 3.48. The van der Waals surface area contributed by atoms with E-state index in [1.54, 1.807) is 11.0 Å². The van der Waals surface area contributed by atoms with Gasteiger partial charge in [-0.05, 0) is 51.5 Å². The van der Waals surface area contributed by atoms with Crippen LogP contribution in [0.1, 0.15) is 68.3 Å². The van der Waals surface area contributed by atoms with E-state index in [4.69, 9.17) is 4.74 Å². The van der Waals surface area contributed by atoms with Crippen molar-refractivity contribution in [1.29, 1.82) is 0 Å². The highest BCUT2D eigenvalue weighted by atomic mass is 16.5. The number of rotatable bonds is 9. The molecule has 0 aliphatic carbocycles. The maximum absolute atomic E-state index is 13.3. The molecule has 4 rings (SSSR count). The number of benzene rings is 2. The summed E-state index contributed by atoms with van der Waals surface area (Å²) < 4.78 is 6.07.